The highest BCUT2D eigenvalue weighted by molar-refractivity contribution is 5.77. The molecule has 4 rings (SSSR count). The molecule has 0 spiro atoms. The largest absolute Gasteiger partial charge is 0.504 e. The number of likely N-dealkylation sites (N-methyl/N-ethyl adjacent to an activating group) is 1. The highest BCUT2D eigenvalue weighted by Crippen LogP contribution is 2.42. The number of hydrogen-bond donors (Lipinski definition) is 2. The first-order valence-electron chi connectivity index (χ1n) is 8.26. The topological polar surface area (TPSA) is 64.5 Å². The zero-order valence-corrected chi connectivity index (χ0v) is 14.1. The maximum Gasteiger partial charge on any atom is 0.264 e. The van der Waals surface area contributed by atoms with E-state index in [2.05, 4.69) is 15.5 Å². The lowest BCUT2D eigenvalue weighted by Gasteiger charge is -2.53. The van der Waals surface area contributed by atoms with Gasteiger partial charge in [0.05, 0.1) is 11.4 Å². The SMILES string of the molecule is CN1CCN2c3cc(-c4cccc(F)c4O)nnc3NCC2(C(F)F)C1. The van der Waals surface area contributed by atoms with Crippen molar-refractivity contribution in [3.63, 3.8) is 0 Å². The molecule has 0 aliphatic carbocycles. The van der Waals surface area contributed by atoms with Gasteiger partial charge in [-0.15, -0.1) is 10.2 Å². The minimum atomic E-state index is -2.56. The number of nitrogens with zero attached hydrogens (tertiary/aromatic N) is 4. The summed E-state index contributed by atoms with van der Waals surface area (Å²) in [5.41, 5.74) is -0.489. The van der Waals surface area contributed by atoms with Crippen LogP contribution in [-0.4, -0.2) is 65.4 Å². The molecule has 6 nitrogen and oxygen atoms in total. The second kappa shape index (κ2) is 6.01. The molecule has 0 amide bonds. The molecule has 9 heteroatoms. The Morgan fingerprint density at radius 1 is 1.27 bits per heavy atom. The number of aromatic nitrogens is 2. The van der Waals surface area contributed by atoms with Crippen LogP contribution in [0.4, 0.5) is 24.7 Å². The monoisotopic (exact) mass is 365 g/mol. The molecule has 2 N–H and O–H groups in total. The van der Waals surface area contributed by atoms with Crippen LogP contribution in [0.1, 0.15) is 0 Å². The molecule has 138 valence electrons. The van der Waals surface area contributed by atoms with Crippen LogP contribution in [0.3, 0.4) is 0 Å². The predicted octanol–water partition coefficient (Wildman–Crippen LogP) is 2.17. The summed E-state index contributed by atoms with van der Waals surface area (Å²) < 4.78 is 41.7. The van der Waals surface area contributed by atoms with Crippen molar-refractivity contribution in [2.45, 2.75) is 12.0 Å². The molecule has 26 heavy (non-hydrogen) atoms. The van der Waals surface area contributed by atoms with Crippen molar-refractivity contribution in [3.05, 3.63) is 30.1 Å². The van der Waals surface area contributed by atoms with Gasteiger partial charge in [0, 0.05) is 31.7 Å². The molecule has 0 saturated carbocycles. The average Bonchev–Trinajstić information content (AvgIpc) is 2.63. The van der Waals surface area contributed by atoms with Gasteiger partial charge in [0.1, 0.15) is 5.54 Å². The summed E-state index contributed by atoms with van der Waals surface area (Å²) in [6.07, 6.45) is -2.56. The highest BCUT2D eigenvalue weighted by atomic mass is 19.3. The Morgan fingerprint density at radius 2 is 2.08 bits per heavy atom. The number of alkyl halides is 2. The van der Waals surface area contributed by atoms with Gasteiger partial charge in [-0.3, -0.25) is 0 Å². The first-order valence-corrected chi connectivity index (χ1v) is 8.26. The summed E-state index contributed by atoms with van der Waals surface area (Å²) in [6, 6.07) is 5.67. The molecule has 2 aromatic rings. The van der Waals surface area contributed by atoms with Crippen LogP contribution in [-0.2, 0) is 0 Å². The Morgan fingerprint density at radius 3 is 2.85 bits per heavy atom. The van der Waals surface area contributed by atoms with E-state index < -0.39 is 23.5 Å². The van der Waals surface area contributed by atoms with Crippen molar-refractivity contribution in [1.29, 1.82) is 0 Å². The number of benzene rings is 1. The smallest absolute Gasteiger partial charge is 0.264 e. The number of phenolic OH excluding ortho intramolecular Hbond substituents is 1. The fraction of sp³-hybridized carbons (Fsp3) is 0.412. The maximum absolute atomic E-state index is 14.0. The zero-order valence-electron chi connectivity index (χ0n) is 14.1. The fourth-order valence-electron chi connectivity index (χ4n) is 3.70. The summed E-state index contributed by atoms with van der Waals surface area (Å²) >= 11 is 0. The van der Waals surface area contributed by atoms with Crippen molar-refractivity contribution < 1.29 is 18.3 Å². The van der Waals surface area contributed by atoms with Gasteiger partial charge in [0.15, 0.2) is 17.4 Å². The van der Waals surface area contributed by atoms with Crippen LogP contribution < -0.4 is 10.2 Å². The average molecular weight is 365 g/mol. The molecule has 0 radical (unpaired) electrons. The number of phenols is 1. The van der Waals surface area contributed by atoms with Gasteiger partial charge in [-0.1, -0.05) is 6.07 Å². The molecule has 1 aromatic heterocycles. The summed E-state index contributed by atoms with van der Waals surface area (Å²) in [5, 5.41) is 21.0. The number of rotatable bonds is 2. The van der Waals surface area contributed by atoms with Crippen LogP contribution in [0, 0.1) is 5.82 Å². The summed E-state index contributed by atoms with van der Waals surface area (Å²) in [4.78, 5) is 3.54. The van der Waals surface area contributed by atoms with Crippen molar-refractivity contribution in [2.75, 3.05) is 43.4 Å². The van der Waals surface area contributed by atoms with Crippen LogP contribution in [0.2, 0.25) is 0 Å². The minimum absolute atomic E-state index is 0.0568. The lowest BCUT2D eigenvalue weighted by molar-refractivity contribution is 0.0203. The molecule has 1 unspecified atom stereocenters. The molecule has 1 saturated heterocycles. The Bertz CT molecular complexity index is 849. The Balaban J connectivity index is 1.82. The van der Waals surface area contributed by atoms with E-state index in [-0.39, 0.29) is 24.3 Å². The molecule has 0 bridgehead atoms. The number of halogens is 3. The van der Waals surface area contributed by atoms with Gasteiger partial charge in [-0.25, -0.2) is 13.2 Å². The number of para-hydroxylation sites is 1. The number of piperazine rings is 1. The second-order valence-electron chi connectivity index (χ2n) is 6.75. The van der Waals surface area contributed by atoms with Gasteiger partial charge in [-0.05, 0) is 25.2 Å². The second-order valence-corrected chi connectivity index (χ2v) is 6.75. The Hall–Kier alpha value is -2.55. The van der Waals surface area contributed by atoms with Crippen molar-refractivity contribution in [1.82, 2.24) is 15.1 Å². The van der Waals surface area contributed by atoms with Gasteiger partial charge in [0.25, 0.3) is 6.43 Å². The highest BCUT2D eigenvalue weighted by Gasteiger charge is 2.51. The van der Waals surface area contributed by atoms with Crippen molar-refractivity contribution >= 4 is 11.5 Å². The third-order valence-corrected chi connectivity index (χ3v) is 5.08. The first-order chi connectivity index (χ1) is 12.4. The molecule has 2 aliphatic rings. The molecule has 2 aliphatic heterocycles. The van der Waals surface area contributed by atoms with Crippen LogP contribution in [0.25, 0.3) is 11.3 Å². The van der Waals surface area contributed by atoms with E-state index in [9.17, 15) is 18.3 Å². The summed E-state index contributed by atoms with van der Waals surface area (Å²) in [6.45, 7) is 1.31. The predicted molar refractivity (Wildman–Crippen MR) is 91.2 cm³/mol. The van der Waals surface area contributed by atoms with E-state index in [1.165, 1.54) is 12.1 Å². The molecule has 3 heterocycles. The van der Waals surface area contributed by atoms with E-state index in [1.54, 1.807) is 11.0 Å². The zero-order chi connectivity index (χ0) is 18.5. The standard InChI is InChI=1S/C17H18F3N5O/c1-24-5-6-25-13-7-12(10-3-2-4-11(18)14(10)26)22-23-15(13)21-8-17(25,9-24)16(19)20/h2-4,7,16,26H,5-6,8-9H2,1H3,(H,21,23). The van der Waals surface area contributed by atoms with Crippen LogP contribution >= 0.6 is 0 Å². The number of aromatic hydroxyl groups is 1. The van der Waals surface area contributed by atoms with Gasteiger partial charge in [0.2, 0.25) is 0 Å². The van der Waals surface area contributed by atoms with E-state index in [0.29, 0.717) is 24.6 Å². The number of anilines is 2. The van der Waals surface area contributed by atoms with E-state index in [1.807, 2.05) is 11.9 Å². The quantitative estimate of drug-likeness (QED) is 0.851. The van der Waals surface area contributed by atoms with Crippen LogP contribution in [0.15, 0.2) is 24.3 Å². The normalized spacial score (nSPS) is 22.7. The van der Waals surface area contributed by atoms with Gasteiger partial charge >= 0.3 is 0 Å². The third kappa shape index (κ3) is 2.45. The molecule has 1 fully saturated rings. The fourth-order valence-corrected chi connectivity index (χ4v) is 3.70. The molecular formula is C17H18F3N5O. The van der Waals surface area contributed by atoms with Crippen molar-refractivity contribution in [3.8, 4) is 17.0 Å². The van der Waals surface area contributed by atoms with E-state index in [4.69, 9.17) is 0 Å². The lowest BCUT2D eigenvalue weighted by Crippen LogP contribution is -2.70. The summed E-state index contributed by atoms with van der Waals surface area (Å²) in [7, 11) is 1.82. The minimum Gasteiger partial charge on any atom is -0.504 e. The van der Waals surface area contributed by atoms with Gasteiger partial charge < -0.3 is 20.2 Å². The van der Waals surface area contributed by atoms with E-state index >= 15 is 0 Å². The third-order valence-electron chi connectivity index (χ3n) is 5.08. The molecule has 1 atom stereocenters. The Kier molecular flexibility index (Phi) is 3.91. The molecule has 1 aromatic carbocycles. The van der Waals surface area contributed by atoms with Gasteiger partial charge in [-0.2, -0.15) is 0 Å². The number of fused-ring (bicyclic) bond motifs is 3. The van der Waals surface area contributed by atoms with E-state index in [0.717, 1.165) is 6.07 Å². The Labute approximate surface area is 148 Å². The van der Waals surface area contributed by atoms with Crippen LogP contribution in [0.5, 0.6) is 5.75 Å². The number of nitrogens with one attached hydrogen (secondary N) is 1. The summed E-state index contributed by atoms with van der Waals surface area (Å²) in [5.74, 6) is -0.906. The first kappa shape index (κ1) is 16.9. The molecular weight excluding hydrogens is 347 g/mol. The van der Waals surface area contributed by atoms with Crippen molar-refractivity contribution in [2.24, 2.45) is 0 Å². The lowest BCUT2D eigenvalue weighted by atomic mass is 9.91. The maximum atomic E-state index is 14.0. The number of hydrogen-bond acceptors (Lipinski definition) is 6.